The predicted octanol–water partition coefficient (Wildman–Crippen LogP) is 3.17. The highest BCUT2D eigenvalue weighted by Gasteiger charge is 2.36. The average Bonchev–Trinajstić information content (AvgIpc) is 3.39. The summed E-state index contributed by atoms with van der Waals surface area (Å²) in [6, 6.07) is 4.03. The molecule has 1 heterocycles. The summed E-state index contributed by atoms with van der Waals surface area (Å²) in [7, 11) is 0. The van der Waals surface area contributed by atoms with Crippen LogP contribution < -0.4 is 4.74 Å². The Hall–Kier alpha value is -1.84. The van der Waals surface area contributed by atoms with Gasteiger partial charge in [0.15, 0.2) is 0 Å². The molecule has 4 heteroatoms. The van der Waals surface area contributed by atoms with Crippen molar-refractivity contribution in [2.24, 2.45) is 11.8 Å². The van der Waals surface area contributed by atoms with Crippen LogP contribution in [-0.4, -0.2) is 29.9 Å². The Bertz CT molecular complexity index is 626. The smallest absolute Gasteiger partial charge is 0.314 e. The molecular weight excluding hydrogens is 290 g/mol. The van der Waals surface area contributed by atoms with Crippen LogP contribution in [0.2, 0.25) is 0 Å². The van der Waals surface area contributed by atoms with E-state index in [1.54, 1.807) is 0 Å². The Balaban J connectivity index is 1.60. The number of aryl methyl sites for hydroxylation is 2. The normalized spacial score (nSPS) is 18.8. The van der Waals surface area contributed by atoms with Crippen molar-refractivity contribution >= 4 is 11.9 Å². The van der Waals surface area contributed by atoms with Crippen molar-refractivity contribution in [3.63, 3.8) is 0 Å². The fraction of sp³-hybridized carbons (Fsp3) is 0.579. The molecule has 1 aliphatic carbocycles. The second-order valence-corrected chi connectivity index (χ2v) is 6.95. The van der Waals surface area contributed by atoms with E-state index in [0.29, 0.717) is 31.7 Å². The van der Waals surface area contributed by atoms with E-state index in [-0.39, 0.29) is 23.7 Å². The lowest BCUT2D eigenvalue weighted by atomic mass is 9.96. The summed E-state index contributed by atoms with van der Waals surface area (Å²) < 4.78 is 5.71. The van der Waals surface area contributed by atoms with Crippen LogP contribution >= 0.6 is 0 Å². The molecule has 0 atom stereocenters. The maximum atomic E-state index is 12.5. The summed E-state index contributed by atoms with van der Waals surface area (Å²) >= 11 is 0. The topological polar surface area (TPSA) is 46.6 Å². The third-order valence-corrected chi connectivity index (χ3v) is 5.14. The molecule has 3 rings (SSSR count). The van der Waals surface area contributed by atoms with E-state index < -0.39 is 0 Å². The number of hydrogen-bond acceptors (Lipinski definition) is 3. The lowest BCUT2D eigenvalue weighted by Crippen LogP contribution is -2.41. The Morgan fingerprint density at radius 1 is 0.957 bits per heavy atom. The van der Waals surface area contributed by atoms with Crippen LogP contribution in [0.5, 0.6) is 5.75 Å². The van der Waals surface area contributed by atoms with Crippen molar-refractivity contribution in [2.75, 3.05) is 13.1 Å². The van der Waals surface area contributed by atoms with Gasteiger partial charge in [0.1, 0.15) is 5.75 Å². The van der Waals surface area contributed by atoms with Gasteiger partial charge in [-0.05, 0) is 63.1 Å². The van der Waals surface area contributed by atoms with E-state index in [4.69, 9.17) is 4.74 Å². The van der Waals surface area contributed by atoms with Crippen LogP contribution in [0.4, 0.5) is 0 Å². The van der Waals surface area contributed by atoms with Crippen molar-refractivity contribution in [1.82, 2.24) is 4.90 Å². The molecule has 1 amide bonds. The Kier molecular flexibility index (Phi) is 4.42. The minimum atomic E-state index is -0.152. The molecule has 2 fully saturated rings. The molecule has 2 aliphatic rings. The predicted molar refractivity (Wildman–Crippen MR) is 88.3 cm³/mol. The van der Waals surface area contributed by atoms with E-state index >= 15 is 0 Å². The zero-order chi connectivity index (χ0) is 16.6. The van der Waals surface area contributed by atoms with Gasteiger partial charge in [0.05, 0.1) is 5.92 Å². The Labute approximate surface area is 137 Å². The number of carbonyl (C=O) groups is 2. The van der Waals surface area contributed by atoms with Gasteiger partial charge < -0.3 is 9.64 Å². The maximum Gasteiger partial charge on any atom is 0.314 e. The van der Waals surface area contributed by atoms with E-state index in [1.807, 2.05) is 37.8 Å². The van der Waals surface area contributed by atoms with Gasteiger partial charge in [-0.15, -0.1) is 0 Å². The molecule has 1 saturated carbocycles. The van der Waals surface area contributed by atoms with Crippen molar-refractivity contribution in [3.8, 4) is 5.75 Å². The highest BCUT2D eigenvalue weighted by molar-refractivity contribution is 5.82. The number of esters is 1. The number of hydrogen-bond donors (Lipinski definition) is 0. The first-order valence-corrected chi connectivity index (χ1v) is 8.54. The van der Waals surface area contributed by atoms with Crippen molar-refractivity contribution in [3.05, 3.63) is 28.8 Å². The second kappa shape index (κ2) is 6.34. The third kappa shape index (κ3) is 3.41. The van der Waals surface area contributed by atoms with Gasteiger partial charge in [0.25, 0.3) is 0 Å². The average molecular weight is 315 g/mol. The van der Waals surface area contributed by atoms with Gasteiger partial charge >= 0.3 is 5.97 Å². The third-order valence-electron chi connectivity index (χ3n) is 5.14. The quantitative estimate of drug-likeness (QED) is 0.636. The number of amides is 1. The lowest BCUT2D eigenvalue weighted by Gasteiger charge is -2.31. The molecule has 1 saturated heterocycles. The molecule has 4 nitrogen and oxygen atoms in total. The minimum Gasteiger partial charge on any atom is -0.426 e. The molecule has 0 N–H and O–H groups in total. The Morgan fingerprint density at radius 3 is 2.17 bits per heavy atom. The summed E-state index contributed by atoms with van der Waals surface area (Å²) in [4.78, 5) is 26.5. The van der Waals surface area contributed by atoms with Gasteiger partial charge in [-0.1, -0.05) is 12.1 Å². The first-order valence-electron chi connectivity index (χ1n) is 8.54. The number of piperidine rings is 1. The van der Waals surface area contributed by atoms with Gasteiger partial charge in [-0.3, -0.25) is 9.59 Å². The van der Waals surface area contributed by atoms with E-state index in [1.165, 1.54) is 0 Å². The first kappa shape index (κ1) is 16.0. The minimum absolute atomic E-state index is 0.0995. The van der Waals surface area contributed by atoms with Crippen molar-refractivity contribution in [1.29, 1.82) is 0 Å². The molecule has 1 aromatic carbocycles. The fourth-order valence-corrected chi connectivity index (χ4v) is 3.19. The molecule has 1 aromatic rings. The van der Waals surface area contributed by atoms with Crippen LogP contribution in [0.15, 0.2) is 12.1 Å². The van der Waals surface area contributed by atoms with Gasteiger partial charge in [0.2, 0.25) is 5.91 Å². The van der Waals surface area contributed by atoms with Crippen LogP contribution in [-0.2, 0) is 9.59 Å². The number of carbonyl (C=O) groups excluding carboxylic acids is 2. The summed E-state index contributed by atoms with van der Waals surface area (Å²) in [6.45, 7) is 7.34. The highest BCUT2D eigenvalue weighted by atomic mass is 16.5. The molecule has 124 valence electrons. The number of rotatable bonds is 3. The largest absolute Gasteiger partial charge is 0.426 e. The Morgan fingerprint density at radius 2 is 1.57 bits per heavy atom. The zero-order valence-electron chi connectivity index (χ0n) is 14.2. The van der Waals surface area contributed by atoms with E-state index in [9.17, 15) is 9.59 Å². The number of likely N-dealkylation sites (tertiary alicyclic amines) is 1. The van der Waals surface area contributed by atoms with E-state index in [2.05, 4.69) is 0 Å². The lowest BCUT2D eigenvalue weighted by molar-refractivity contribution is -0.143. The van der Waals surface area contributed by atoms with Crippen LogP contribution in [0.1, 0.15) is 42.4 Å². The molecule has 0 aromatic heterocycles. The zero-order valence-corrected chi connectivity index (χ0v) is 14.2. The molecule has 1 aliphatic heterocycles. The van der Waals surface area contributed by atoms with Crippen molar-refractivity contribution in [2.45, 2.75) is 46.5 Å². The molecule has 0 radical (unpaired) electrons. The second-order valence-electron chi connectivity index (χ2n) is 6.95. The molecule has 0 unspecified atom stereocenters. The monoisotopic (exact) mass is 315 g/mol. The first-order chi connectivity index (χ1) is 11.0. The van der Waals surface area contributed by atoms with Gasteiger partial charge in [-0.25, -0.2) is 0 Å². The standard InChI is InChI=1S/C19H25NO3/c1-12-4-5-13(2)17(14(12)3)23-19(22)16-8-10-20(11-9-16)18(21)15-6-7-15/h4-5,15-16H,6-11H2,1-3H3. The van der Waals surface area contributed by atoms with Gasteiger partial charge in [-0.2, -0.15) is 0 Å². The summed E-state index contributed by atoms with van der Waals surface area (Å²) in [5, 5.41) is 0. The summed E-state index contributed by atoms with van der Waals surface area (Å²) in [6.07, 6.45) is 3.49. The highest BCUT2D eigenvalue weighted by Crippen LogP contribution is 2.33. The van der Waals surface area contributed by atoms with Gasteiger partial charge in [0, 0.05) is 19.0 Å². The van der Waals surface area contributed by atoms with Crippen LogP contribution in [0.25, 0.3) is 0 Å². The fourth-order valence-electron chi connectivity index (χ4n) is 3.19. The maximum absolute atomic E-state index is 12.5. The van der Waals surface area contributed by atoms with Crippen molar-refractivity contribution < 1.29 is 14.3 Å². The van der Waals surface area contributed by atoms with Crippen LogP contribution in [0.3, 0.4) is 0 Å². The molecular formula is C19H25NO3. The molecule has 23 heavy (non-hydrogen) atoms. The van der Waals surface area contributed by atoms with Crippen LogP contribution in [0, 0.1) is 32.6 Å². The summed E-state index contributed by atoms with van der Waals surface area (Å²) in [5.41, 5.74) is 3.14. The number of nitrogens with zero attached hydrogens (tertiary/aromatic N) is 1. The number of benzene rings is 1. The SMILES string of the molecule is Cc1ccc(C)c(OC(=O)C2CCN(C(=O)C3CC3)CC2)c1C. The summed E-state index contributed by atoms with van der Waals surface area (Å²) in [5.74, 6) is 0.989. The number of ether oxygens (including phenoxy) is 1. The van der Waals surface area contributed by atoms with E-state index in [0.717, 1.165) is 29.5 Å². The molecule has 0 bridgehead atoms. The molecule has 0 spiro atoms.